The zero-order valence-electron chi connectivity index (χ0n) is 10.6. The predicted octanol–water partition coefficient (Wildman–Crippen LogP) is 0.994. The van der Waals surface area contributed by atoms with E-state index in [0.29, 0.717) is 19.7 Å². The standard InChI is InChI=1S/C13H19FN2O2/c1-17-13-3-2-10(6-12(13)14)8-16-4-5-18-11(7-15)9-16/h2-3,6,11H,4-5,7-9,15H2,1H3. The molecule has 0 radical (unpaired) electrons. The largest absolute Gasteiger partial charge is 0.494 e. The second-order valence-corrected chi connectivity index (χ2v) is 4.43. The van der Waals surface area contributed by atoms with Crippen LogP contribution in [-0.2, 0) is 11.3 Å². The van der Waals surface area contributed by atoms with Gasteiger partial charge in [-0.3, -0.25) is 4.90 Å². The third kappa shape index (κ3) is 3.19. The first-order valence-corrected chi connectivity index (χ1v) is 6.09. The van der Waals surface area contributed by atoms with E-state index in [2.05, 4.69) is 4.90 Å². The molecule has 1 aliphatic rings. The van der Waals surface area contributed by atoms with Crippen LogP contribution in [0.25, 0.3) is 0 Å². The molecule has 0 amide bonds. The van der Waals surface area contributed by atoms with E-state index in [9.17, 15) is 4.39 Å². The highest BCUT2D eigenvalue weighted by molar-refractivity contribution is 5.29. The number of nitrogens with two attached hydrogens (primary N) is 1. The first kappa shape index (κ1) is 13.3. The summed E-state index contributed by atoms with van der Waals surface area (Å²) in [5.41, 5.74) is 6.53. The Morgan fingerprint density at radius 3 is 3.06 bits per heavy atom. The van der Waals surface area contributed by atoms with Crippen molar-refractivity contribution in [2.45, 2.75) is 12.6 Å². The molecule has 100 valence electrons. The van der Waals surface area contributed by atoms with E-state index in [1.807, 2.05) is 6.07 Å². The molecule has 0 aromatic heterocycles. The summed E-state index contributed by atoms with van der Waals surface area (Å²) < 4.78 is 24.0. The van der Waals surface area contributed by atoms with Gasteiger partial charge < -0.3 is 15.2 Å². The van der Waals surface area contributed by atoms with Crippen LogP contribution in [0.15, 0.2) is 18.2 Å². The molecule has 1 fully saturated rings. The van der Waals surface area contributed by atoms with Gasteiger partial charge in [-0.15, -0.1) is 0 Å². The molecular formula is C13H19FN2O2. The monoisotopic (exact) mass is 254 g/mol. The minimum absolute atomic E-state index is 0.0850. The van der Waals surface area contributed by atoms with E-state index in [-0.39, 0.29) is 17.7 Å². The molecule has 5 heteroatoms. The summed E-state index contributed by atoms with van der Waals surface area (Å²) in [6.07, 6.45) is 0.0850. The summed E-state index contributed by atoms with van der Waals surface area (Å²) in [4.78, 5) is 2.22. The molecule has 1 saturated heterocycles. The summed E-state index contributed by atoms with van der Waals surface area (Å²) in [5.74, 6) is -0.0424. The van der Waals surface area contributed by atoms with Crippen LogP contribution in [0, 0.1) is 5.82 Å². The van der Waals surface area contributed by atoms with Gasteiger partial charge in [0.1, 0.15) is 0 Å². The van der Waals surface area contributed by atoms with Gasteiger partial charge in [0.2, 0.25) is 0 Å². The molecule has 1 aromatic rings. The van der Waals surface area contributed by atoms with Crippen molar-refractivity contribution in [3.05, 3.63) is 29.6 Å². The van der Waals surface area contributed by atoms with Crippen LogP contribution in [-0.4, -0.2) is 44.4 Å². The Labute approximate surface area is 106 Å². The minimum Gasteiger partial charge on any atom is -0.494 e. The molecule has 1 aromatic carbocycles. The Bertz CT molecular complexity index is 401. The molecule has 0 bridgehead atoms. The van der Waals surface area contributed by atoms with Crippen LogP contribution >= 0.6 is 0 Å². The molecule has 18 heavy (non-hydrogen) atoms. The number of rotatable bonds is 4. The van der Waals surface area contributed by atoms with Crippen molar-refractivity contribution < 1.29 is 13.9 Å². The summed E-state index contributed by atoms with van der Waals surface area (Å²) in [6.45, 7) is 3.56. The number of benzene rings is 1. The lowest BCUT2D eigenvalue weighted by Crippen LogP contribution is -2.45. The van der Waals surface area contributed by atoms with E-state index in [1.165, 1.54) is 13.2 Å². The second-order valence-electron chi connectivity index (χ2n) is 4.43. The van der Waals surface area contributed by atoms with E-state index < -0.39 is 0 Å². The Morgan fingerprint density at radius 1 is 1.56 bits per heavy atom. The maximum absolute atomic E-state index is 13.6. The van der Waals surface area contributed by atoms with Gasteiger partial charge in [0.05, 0.1) is 19.8 Å². The number of hydrogen-bond donors (Lipinski definition) is 1. The fourth-order valence-electron chi connectivity index (χ4n) is 2.13. The SMILES string of the molecule is COc1ccc(CN2CCOC(CN)C2)cc1F. The normalized spacial score (nSPS) is 20.9. The Morgan fingerprint density at radius 2 is 2.39 bits per heavy atom. The Kier molecular flexibility index (Phi) is 4.52. The quantitative estimate of drug-likeness (QED) is 0.870. The van der Waals surface area contributed by atoms with E-state index in [4.69, 9.17) is 15.2 Å². The van der Waals surface area contributed by atoms with Gasteiger partial charge >= 0.3 is 0 Å². The molecule has 0 spiro atoms. The molecular weight excluding hydrogens is 235 g/mol. The van der Waals surface area contributed by atoms with Crippen molar-refractivity contribution in [1.29, 1.82) is 0 Å². The van der Waals surface area contributed by atoms with Crippen LogP contribution in [0.3, 0.4) is 0 Å². The zero-order valence-corrected chi connectivity index (χ0v) is 10.6. The number of ether oxygens (including phenoxy) is 2. The number of nitrogens with zero attached hydrogens (tertiary/aromatic N) is 1. The molecule has 0 saturated carbocycles. The Balaban J connectivity index is 1.98. The first-order valence-electron chi connectivity index (χ1n) is 6.09. The molecule has 2 rings (SSSR count). The summed E-state index contributed by atoms with van der Waals surface area (Å²) in [6, 6.07) is 5.06. The molecule has 1 heterocycles. The zero-order chi connectivity index (χ0) is 13.0. The van der Waals surface area contributed by atoms with Crippen LogP contribution < -0.4 is 10.5 Å². The lowest BCUT2D eigenvalue weighted by Gasteiger charge is -2.32. The Hall–Kier alpha value is -1.17. The molecule has 1 aliphatic heterocycles. The molecule has 0 aliphatic carbocycles. The van der Waals surface area contributed by atoms with Crippen molar-refractivity contribution >= 4 is 0 Å². The molecule has 1 unspecified atom stereocenters. The maximum atomic E-state index is 13.6. The van der Waals surface area contributed by atoms with Crippen molar-refractivity contribution in [2.24, 2.45) is 5.73 Å². The van der Waals surface area contributed by atoms with Gasteiger partial charge in [-0.2, -0.15) is 0 Å². The van der Waals surface area contributed by atoms with Gasteiger partial charge in [0.25, 0.3) is 0 Å². The highest BCUT2D eigenvalue weighted by atomic mass is 19.1. The van der Waals surface area contributed by atoms with Crippen LogP contribution in [0.2, 0.25) is 0 Å². The van der Waals surface area contributed by atoms with E-state index in [1.54, 1.807) is 6.07 Å². The summed E-state index contributed by atoms with van der Waals surface area (Å²) >= 11 is 0. The smallest absolute Gasteiger partial charge is 0.165 e. The fraction of sp³-hybridized carbons (Fsp3) is 0.538. The lowest BCUT2D eigenvalue weighted by atomic mass is 10.1. The summed E-state index contributed by atoms with van der Waals surface area (Å²) in [5, 5.41) is 0. The highest BCUT2D eigenvalue weighted by Crippen LogP contribution is 2.19. The van der Waals surface area contributed by atoms with Gasteiger partial charge in [-0.1, -0.05) is 6.07 Å². The number of morpholine rings is 1. The molecule has 4 nitrogen and oxygen atoms in total. The molecule has 2 N–H and O–H groups in total. The van der Waals surface area contributed by atoms with Crippen molar-refractivity contribution in [3.63, 3.8) is 0 Å². The average molecular weight is 254 g/mol. The van der Waals surface area contributed by atoms with Gasteiger partial charge in [0, 0.05) is 26.2 Å². The maximum Gasteiger partial charge on any atom is 0.165 e. The van der Waals surface area contributed by atoms with E-state index >= 15 is 0 Å². The number of halogens is 1. The number of methoxy groups -OCH3 is 1. The topological polar surface area (TPSA) is 47.7 Å². The van der Waals surface area contributed by atoms with Crippen LogP contribution in [0.5, 0.6) is 5.75 Å². The average Bonchev–Trinajstić information content (AvgIpc) is 2.39. The van der Waals surface area contributed by atoms with Gasteiger partial charge in [-0.25, -0.2) is 4.39 Å². The fourth-order valence-corrected chi connectivity index (χ4v) is 2.13. The number of hydrogen-bond acceptors (Lipinski definition) is 4. The lowest BCUT2D eigenvalue weighted by molar-refractivity contribution is -0.0260. The minimum atomic E-state index is -0.321. The molecule has 1 atom stereocenters. The van der Waals surface area contributed by atoms with Gasteiger partial charge in [0.15, 0.2) is 11.6 Å². The van der Waals surface area contributed by atoms with Crippen LogP contribution in [0.4, 0.5) is 4.39 Å². The van der Waals surface area contributed by atoms with E-state index in [0.717, 1.165) is 18.7 Å². The highest BCUT2D eigenvalue weighted by Gasteiger charge is 2.19. The third-order valence-corrected chi connectivity index (χ3v) is 3.11. The van der Waals surface area contributed by atoms with Crippen LogP contribution in [0.1, 0.15) is 5.56 Å². The first-order chi connectivity index (χ1) is 8.72. The predicted molar refractivity (Wildman–Crippen MR) is 67.0 cm³/mol. The second kappa shape index (κ2) is 6.13. The van der Waals surface area contributed by atoms with Crippen molar-refractivity contribution in [1.82, 2.24) is 4.90 Å². The van der Waals surface area contributed by atoms with Crippen molar-refractivity contribution in [2.75, 3.05) is 33.4 Å². The third-order valence-electron chi connectivity index (χ3n) is 3.11. The summed E-state index contributed by atoms with van der Waals surface area (Å²) in [7, 11) is 1.46. The van der Waals surface area contributed by atoms with Crippen molar-refractivity contribution in [3.8, 4) is 5.75 Å². The van der Waals surface area contributed by atoms with Gasteiger partial charge in [-0.05, 0) is 17.7 Å².